The van der Waals surface area contributed by atoms with Gasteiger partial charge in [-0.2, -0.15) is 0 Å². The normalized spacial score (nSPS) is 10.1. The highest BCUT2D eigenvalue weighted by Crippen LogP contribution is 2.26. The molecule has 0 radical (unpaired) electrons. The highest BCUT2D eigenvalue weighted by molar-refractivity contribution is 5.89. The summed E-state index contributed by atoms with van der Waals surface area (Å²) in [5, 5.41) is 0. The molecule has 0 saturated heterocycles. The smallest absolute Gasteiger partial charge is 0.333 e. The standard InChI is InChI=1S/C12H16O4/c1-6-7-16-11(14)12(3,4)8-9(2)10(13)15-5/h1H,2,7-8H2,3-5H3. The zero-order valence-corrected chi connectivity index (χ0v) is 9.83. The minimum absolute atomic E-state index is 0.0764. The molecule has 0 rings (SSSR count). The topological polar surface area (TPSA) is 52.6 Å². The minimum atomic E-state index is -0.845. The first-order chi connectivity index (χ1) is 7.35. The highest BCUT2D eigenvalue weighted by Gasteiger charge is 2.31. The third kappa shape index (κ3) is 4.18. The van der Waals surface area contributed by atoms with Gasteiger partial charge in [-0.3, -0.25) is 4.79 Å². The number of carbonyl (C=O) groups is 2. The number of esters is 2. The average molecular weight is 224 g/mol. The Bertz CT molecular complexity index is 333. The Balaban J connectivity index is 4.45. The Morgan fingerprint density at radius 1 is 1.44 bits per heavy atom. The Morgan fingerprint density at radius 3 is 2.44 bits per heavy atom. The Kier molecular flexibility index (Phi) is 5.31. The van der Waals surface area contributed by atoms with Crippen LogP contribution in [0.5, 0.6) is 0 Å². The van der Waals surface area contributed by atoms with E-state index in [0.29, 0.717) is 0 Å². The van der Waals surface area contributed by atoms with Crippen LogP contribution in [0.4, 0.5) is 0 Å². The largest absolute Gasteiger partial charge is 0.466 e. The first-order valence-electron chi connectivity index (χ1n) is 4.72. The van der Waals surface area contributed by atoms with Crippen LogP contribution in [0.25, 0.3) is 0 Å². The van der Waals surface area contributed by atoms with Gasteiger partial charge < -0.3 is 9.47 Å². The van der Waals surface area contributed by atoms with E-state index in [4.69, 9.17) is 11.2 Å². The summed E-state index contributed by atoms with van der Waals surface area (Å²) in [7, 11) is 1.26. The summed E-state index contributed by atoms with van der Waals surface area (Å²) in [6, 6.07) is 0. The third-order valence-corrected chi connectivity index (χ3v) is 1.97. The van der Waals surface area contributed by atoms with Crippen molar-refractivity contribution in [2.75, 3.05) is 13.7 Å². The number of hydrogen-bond acceptors (Lipinski definition) is 4. The minimum Gasteiger partial charge on any atom is -0.466 e. The molecule has 0 amide bonds. The zero-order valence-electron chi connectivity index (χ0n) is 9.83. The van der Waals surface area contributed by atoms with Gasteiger partial charge in [0.05, 0.1) is 12.5 Å². The fourth-order valence-corrected chi connectivity index (χ4v) is 1.12. The maximum Gasteiger partial charge on any atom is 0.333 e. The second kappa shape index (κ2) is 5.96. The predicted molar refractivity (Wildman–Crippen MR) is 59.3 cm³/mol. The lowest BCUT2D eigenvalue weighted by molar-refractivity contribution is -0.152. The molecule has 0 aliphatic carbocycles. The van der Waals surface area contributed by atoms with Crippen molar-refractivity contribution in [2.45, 2.75) is 20.3 Å². The lowest BCUT2D eigenvalue weighted by atomic mass is 9.86. The molecule has 0 atom stereocenters. The number of carbonyl (C=O) groups excluding carboxylic acids is 2. The third-order valence-electron chi connectivity index (χ3n) is 1.97. The molecular weight excluding hydrogens is 208 g/mol. The van der Waals surface area contributed by atoms with E-state index in [1.165, 1.54) is 7.11 Å². The van der Waals surface area contributed by atoms with Crippen LogP contribution in [0.2, 0.25) is 0 Å². The molecule has 0 heterocycles. The molecule has 0 aliphatic rings. The Morgan fingerprint density at radius 2 is 2.00 bits per heavy atom. The van der Waals surface area contributed by atoms with Gasteiger partial charge >= 0.3 is 11.9 Å². The molecule has 4 heteroatoms. The fraction of sp³-hybridized carbons (Fsp3) is 0.500. The number of hydrogen-bond donors (Lipinski definition) is 0. The van der Waals surface area contributed by atoms with Crippen LogP contribution in [0.3, 0.4) is 0 Å². The summed E-state index contributed by atoms with van der Waals surface area (Å²) < 4.78 is 9.30. The Labute approximate surface area is 95.6 Å². The van der Waals surface area contributed by atoms with Crippen molar-refractivity contribution < 1.29 is 19.1 Å². The van der Waals surface area contributed by atoms with E-state index in [9.17, 15) is 9.59 Å². The molecule has 0 aromatic carbocycles. The van der Waals surface area contributed by atoms with E-state index in [2.05, 4.69) is 17.2 Å². The monoisotopic (exact) mass is 224 g/mol. The van der Waals surface area contributed by atoms with E-state index >= 15 is 0 Å². The van der Waals surface area contributed by atoms with Gasteiger partial charge in [-0.25, -0.2) is 4.79 Å². The average Bonchev–Trinajstić information content (AvgIpc) is 2.23. The maximum absolute atomic E-state index is 11.6. The van der Waals surface area contributed by atoms with Gasteiger partial charge in [0.1, 0.15) is 0 Å². The predicted octanol–water partition coefficient (Wildman–Crippen LogP) is 1.31. The summed E-state index contributed by atoms with van der Waals surface area (Å²) in [6.07, 6.45) is 5.14. The van der Waals surface area contributed by atoms with Gasteiger partial charge in [0.25, 0.3) is 0 Å². The zero-order chi connectivity index (χ0) is 12.8. The quantitative estimate of drug-likeness (QED) is 0.401. The summed E-state index contributed by atoms with van der Waals surface area (Å²) in [5.74, 6) is 1.21. The van der Waals surface area contributed by atoms with Crippen molar-refractivity contribution in [3.05, 3.63) is 12.2 Å². The van der Waals surface area contributed by atoms with Gasteiger partial charge in [-0.15, -0.1) is 6.42 Å². The lowest BCUT2D eigenvalue weighted by Gasteiger charge is -2.22. The summed E-state index contributed by atoms with van der Waals surface area (Å²) in [4.78, 5) is 22.7. The molecule has 0 N–H and O–H groups in total. The van der Waals surface area contributed by atoms with Crippen molar-refractivity contribution in [2.24, 2.45) is 5.41 Å². The van der Waals surface area contributed by atoms with Crippen LogP contribution in [-0.2, 0) is 19.1 Å². The molecule has 0 saturated carbocycles. The molecule has 4 nitrogen and oxygen atoms in total. The molecular formula is C12H16O4. The van der Waals surface area contributed by atoms with Crippen molar-refractivity contribution in [1.82, 2.24) is 0 Å². The number of rotatable bonds is 5. The maximum atomic E-state index is 11.6. The van der Waals surface area contributed by atoms with Gasteiger partial charge in [0.2, 0.25) is 0 Å². The Hall–Kier alpha value is -1.76. The lowest BCUT2D eigenvalue weighted by Crippen LogP contribution is -2.28. The molecule has 88 valence electrons. The molecule has 0 unspecified atom stereocenters. The SMILES string of the molecule is C#CCOC(=O)C(C)(C)CC(=C)C(=O)OC. The first-order valence-corrected chi connectivity index (χ1v) is 4.72. The van der Waals surface area contributed by atoms with Gasteiger partial charge in [-0.05, 0) is 20.3 Å². The summed E-state index contributed by atoms with van der Waals surface area (Å²) in [6.45, 7) is 6.78. The molecule has 0 fully saturated rings. The van der Waals surface area contributed by atoms with E-state index < -0.39 is 17.4 Å². The van der Waals surface area contributed by atoms with Crippen molar-refractivity contribution in [1.29, 1.82) is 0 Å². The van der Waals surface area contributed by atoms with Crippen LogP contribution < -0.4 is 0 Å². The first kappa shape index (κ1) is 14.2. The molecule has 16 heavy (non-hydrogen) atoms. The molecule has 0 aromatic rings. The van der Waals surface area contributed by atoms with Gasteiger partial charge in [-0.1, -0.05) is 12.5 Å². The number of terminal acetylenes is 1. The van der Waals surface area contributed by atoms with Crippen LogP contribution in [0.1, 0.15) is 20.3 Å². The summed E-state index contributed by atoms with van der Waals surface area (Å²) >= 11 is 0. The van der Waals surface area contributed by atoms with Crippen LogP contribution >= 0.6 is 0 Å². The van der Waals surface area contributed by atoms with Crippen LogP contribution in [0, 0.1) is 17.8 Å². The number of methoxy groups -OCH3 is 1. The fourth-order valence-electron chi connectivity index (χ4n) is 1.12. The molecule has 0 bridgehead atoms. The second-order valence-electron chi connectivity index (χ2n) is 3.94. The van der Waals surface area contributed by atoms with E-state index in [1.54, 1.807) is 13.8 Å². The van der Waals surface area contributed by atoms with Crippen LogP contribution in [0.15, 0.2) is 12.2 Å². The van der Waals surface area contributed by atoms with Crippen molar-refractivity contribution >= 4 is 11.9 Å². The van der Waals surface area contributed by atoms with Gasteiger partial charge in [0, 0.05) is 5.57 Å². The van der Waals surface area contributed by atoms with E-state index in [1.807, 2.05) is 0 Å². The van der Waals surface area contributed by atoms with Crippen molar-refractivity contribution in [3.63, 3.8) is 0 Å². The van der Waals surface area contributed by atoms with E-state index in [-0.39, 0.29) is 18.6 Å². The second-order valence-corrected chi connectivity index (χ2v) is 3.94. The highest BCUT2D eigenvalue weighted by atomic mass is 16.5. The number of ether oxygens (including phenoxy) is 2. The molecule has 0 spiro atoms. The molecule has 0 aromatic heterocycles. The van der Waals surface area contributed by atoms with E-state index in [0.717, 1.165) is 0 Å². The van der Waals surface area contributed by atoms with Gasteiger partial charge in [0.15, 0.2) is 6.61 Å². The van der Waals surface area contributed by atoms with Crippen LogP contribution in [-0.4, -0.2) is 25.7 Å². The van der Waals surface area contributed by atoms with Crippen molar-refractivity contribution in [3.8, 4) is 12.3 Å². The summed E-state index contributed by atoms with van der Waals surface area (Å²) in [5.41, 5.74) is -0.618. The molecule has 0 aliphatic heterocycles.